The van der Waals surface area contributed by atoms with Gasteiger partial charge in [0.1, 0.15) is 11.5 Å². The van der Waals surface area contributed by atoms with Crippen LogP contribution >= 0.6 is 0 Å². The lowest BCUT2D eigenvalue weighted by atomic mass is 10.1. The molecule has 0 fully saturated rings. The van der Waals surface area contributed by atoms with Crippen LogP contribution in [-0.4, -0.2) is 16.2 Å². The Labute approximate surface area is 97.4 Å². The molecule has 86 valence electrons. The third kappa shape index (κ3) is 2.55. The van der Waals surface area contributed by atoms with Gasteiger partial charge in [-0.05, 0) is 35.9 Å². The third-order valence-electron chi connectivity index (χ3n) is 2.24. The van der Waals surface area contributed by atoms with Crippen molar-refractivity contribution in [2.75, 3.05) is 0 Å². The number of furan rings is 1. The van der Waals surface area contributed by atoms with Crippen molar-refractivity contribution < 1.29 is 19.4 Å². The molecule has 4 heteroatoms. The number of hydrogen-bond donors (Lipinski definition) is 2. The van der Waals surface area contributed by atoms with Gasteiger partial charge in [-0.25, -0.2) is 4.79 Å². The molecule has 2 aromatic rings. The summed E-state index contributed by atoms with van der Waals surface area (Å²) in [6, 6.07) is 9.31. The first-order valence-electron chi connectivity index (χ1n) is 4.95. The normalized spacial score (nSPS) is 11.4. The molecule has 0 saturated heterocycles. The van der Waals surface area contributed by atoms with E-state index in [0.29, 0.717) is 11.3 Å². The summed E-state index contributed by atoms with van der Waals surface area (Å²) in [6.07, 6.45) is 2.91. The summed E-state index contributed by atoms with van der Waals surface area (Å²) in [4.78, 5) is 11.1. The van der Waals surface area contributed by atoms with Crippen molar-refractivity contribution in [3.63, 3.8) is 0 Å². The number of carbonyl (C=O) groups is 1. The lowest BCUT2D eigenvalue weighted by molar-refractivity contribution is -0.130. The van der Waals surface area contributed by atoms with E-state index in [1.807, 2.05) is 0 Å². The lowest BCUT2D eigenvalue weighted by Gasteiger charge is -2.02. The van der Waals surface area contributed by atoms with Gasteiger partial charge < -0.3 is 14.6 Å². The van der Waals surface area contributed by atoms with Crippen molar-refractivity contribution in [3.8, 4) is 5.75 Å². The standard InChI is InChI=1S/C13H10O4/c14-10-5-3-9(4-6-10)12(13(15)16)8-11-2-1-7-17-11/h1-8,14H,(H,15,16)/b12-8-. The van der Waals surface area contributed by atoms with Crippen LogP contribution in [0.15, 0.2) is 47.1 Å². The van der Waals surface area contributed by atoms with Crippen molar-refractivity contribution in [2.24, 2.45) is 0 Å². The van der Waals surface area contributed by atoms with Crippen LogP contribution in [0.2, 0.25) is 0 Å². The molecule has 0 unspecified atom stereocenters. The number of benzene rings is 1. The number of carboxylic acid groups (broad SMARTS) is 1. The van der Waals surface area contributed by atoms with Gasteiger partial charge in [0.25, 0.3) is 0 Å². The van der Waals surface area contributed by atoms with Crippen molar-refractivity contribution >= 4 is 17.6 Å². The van der Waals surface area contributed by atoms with Gasteiger partial charge in [-0.2, -0.15) is 0 Å². The van der Waals surface area contributed by atoms with E-state index in [2.05, 4.69) is 0 Å². The number of rotatable bonds is 3. The molecule has 0 amide bonds. The predicted octanol–water partition coefficient (Wildman–Crippen LogP) is 2.61. The van der Waals surface area contributed by atoms with Crippen LogP contribution in [0.25, 0.3) is 11.6 Å². The molecule has 2 N–H and O–H groups in total. The van der Waals surface area contributed by atoms with Gasteiger partial charge >= 0.3 is 5.97 Å². The van der Waals surface area contributed by atoms with Crippen LogP contribution in [0.4, 0.5) is 0 Å². The minimum absolute atomic E-state index is 0.0940. The second-order valence-corrected chi connectivity index (χ2v) is 3.43. The Bertz CT molecular complexity index is 535. The quantitative estimate of drug-likeness (QED) is 0.795. The summed E-state index contributed by atoms with van der Waals surface area (Å²) in [6.45, 7) is 0. The van der Waals surface area contributed by atoms with Gasteiger partial charge in [0, 0.05) is 0 Å². The zero-order valence-electron chi connectivity index (χ0n) is 8.83. The summed E-state index contributed by atoms with van der Waals surface area (Å²) < 4.78 is 5.07. The largest absolute Gasteiger partial charge is 0.508 e. The predicted molar refractivity (Wildman–Crippen MR) is 62.3 cm³/mol. The second kappa shape index (κ2) is 4.57. The average molecular weight is 230 g/mol. The van der Waals surface area contributed by atoms with Gasteiger partial charge in [0.15, 0.2) is 0 Å². The first kappa shape index (κ1) is 11.0. The van der Waals surface area contributed by atoms with E-state index < -0.39 is 5.97 Å². The maximum Gasteiger partial charge on any atom is 0.336 e. The Morgan fingerprint density at radius 3 is 2.41 bits per heavy atom. The second-order valence-electron chi connectivity index (χ2n) is 3.43. The van der Waals surface area contributed by atoms with E-state index >= 15 is 0 Å². The minimum Gasteiger partial charge on any atom is -0.508 e. The minimum atomic E-state index is -1.05. The summed E-state index contributed by atoms with van der Waals surface area (Å²) in [5.74, 6) is -0.487. The molecule has 0 radical (unpaired) electrons. The van der Waals surface area contributed by atoms with Gasteiger partial charge in [0.2, 0.25) is 0 Å². The molecular weight excluding hydrogens is 220 g/mol. The molecular formula is C13H10O4. The van der Waals surface area contributed by atoms with E-state index in [1.165, 1.54) is 36.6 Å². The molecule has 1 aromatic heterocycles. The van der Waals surface area contributed by atoms with E-state index in [0.717, 1.165) is 0 Å². The smallest absolute Gasteiger partial charge is 0.336 e. The van der Waals surface area contributed by atoms with Crippen LogP contribution in [0.5, 0.6) is 5.75 Å². The topological polar surface area (TPSA) is 70.7 Å². The van der Waals surface area contributed by atoms with E-state index in [-0.39, 0.29) is 11.3 Å². The summed E-state index contributed by atoms with van der Waals surface area (Å²) in [7, 11) is 0. The molecule has 4 nitrogen and oxygen atoms in total. The molecule has 0 aliphatic rings. The first-order valence-corrected chi connectivity index (χ1v) is 4.95. The van der Waals surface area contributed by atoms with Crippen molar-refractivity contribution in [2.45, 2.75) is 0 Å². The fourth-order valence-corrected chi connectivity index (χ4v) is 1.43. The van der Waals surface area contributed by atoms with Crippen molar-refractivity contribution in [1.82, 2.24) is 0 Å². The highest BCUT2D eigenvalue weighted by molar-refractivity contribution is 6.20. The zero-order valence-corrected chi connectivity index (χ0v) is 8.83. The monoisotopic (exact) mass is 230 g/mol. The maximum absolute atomic E-state index is 11.1. The summed E-state index contributed by atoms with van der Waals surface area (Å²) in [5.41, 5.74) is 0.617. The number of carboxylic acids is 1. The molecule has 0 aliphatic carbocycles. The average Bonchev–Trinajstić information content (AvgIpc) is 2.80. The number of hydrogen-bond acceptors (Lipinski definition) is 3. The van der Waals surface area contributed by atoms with E-state index in [9.17, 15) is 4.79 Å². The zero-order chi connectivity index (χ0) is 12.3. The van der Waals surface area contributed by atoms with Crippen LogP contribution in [0.1, 0.15) is 11.3 Å². The van der Waals surface area contributed by atoms with Gasteiger partial charge in [-0.1, -0.05) is 12.1 Å². The maximum atomic E-state index is 11.1. The first-order chi connectivity index (χ1) is 8.16. The Hall–Kier alpha value is -2.49. The van der Waals surface area contributed by atoms with E-state index in [1.54, 1.807) is 12.1 Å². The van der Waals surface area contributed by atoms with E-state index in [4.69, 9.17) is 14.6 Å². The summed E-state index contributed by atoms with van der Waals surface area (Å²) >= 11 is 0. The van der Waals surface area contributed by atoms with Gasteiger partial charge in [-0.15, -0.1) is 0 Å². The number of aromatic hydroxyl groups is 1. The van der Waals surface area contributed by atoms with Crippen molar-refractivity contribution in [1.29, 1.82) is 0 Å². The molecule has 0 saturated carbocycles. The highest BCUT2D eigenvalue weighted by atomic mass is 16.4. The molecule has 0 bridgehead atoms. The fourth-order valence-electron chi connectivity index (χ4n) is 1.43. The van der Waals surface area contributed by atoms with Crippen LogP contribution in [-0.2, 0) is 4.79 Å². The highest BCUT2D eigenvalue weighted by Gasteiger charge is 2.11. The molecule has 0 atom stereocenters. The number of aliphatic carboxylic acids is 1. The Morgan fingerprint density at radius 2 is 1.88 bits per heavy atom. The Kier molecular flexibility index (Phi) is 2.96. The van der Waals surface area contributed by atoms with Gasteiger partial charge in [0.05, 0.1) is 11.8 Å². The number of phenolic OH excluding ortho intramolecular Hbond substituents is 1. The highest BCUT2D eigenvalue weighted by Crippen LogP contribution is 2.21. The SMILES string of the molecule is O=C(O)/C(=C\c1ccco1)c1ccc(O)cc1. The lowest BCUT2D eigenvalue weighted by Crippen LogP contribution is -1.99. The molecule has 1 aromatic carbocycles. The molecule has 17 heavy (non-hydrogen) atoms. The molecule has 0 aliphatic heterocycles. The summed E-state index contributed by atoms with van der Waals surface area (Å²) in [5, 5.41) is 18.3. The van der Waals surface area contributed by atoms with Crippen LogP contribution < -0.4 is 0 Å². The van der Waals surface area contributed by atoms with Gasteiger partial charge in [-0.3, -0.25) is 0 Å². The Balaban J connectivity index is 2.43. The molecule has 1 heterocycles. The van der Waals surface area contributed by atoms with Crippen molar-refractivity contribution in [3.05, 3.63) is 54.0 Å². The molecule has 2 rings (SSSR count). The number of phenols is 1. The Morgan fingerprint density at radius 1 is 1.18 bits per heavy atom. The van der Waals surface area contributed by atoms with Crippen LogP contribution in [0, 0.1) is 0 Å². The van der Waals surface area contributed by atoms with Crippen LogP contribution in [0.3, 0.4) is 0 Å². The third-order valence-corrected chi connectivity index (χ3v) is 2.24. The molecule has 0 spiro atoms. The fraction of sp³-hybridized carbons (Fsp3) is 0.